The molecule has 0 spiro atoms. The number of aryl methyl sites for hydroxylation is 1. The van der Waals surface area contributed by atoms with E-state index in [9.17, 15) is 4.79 Å². The Labute approximate surface area is 118 Å². The first kappa shape index (κ1) is 14.5. The molecule has 106 valence electrons. The molecular weight excluding hydrogens is 260 g/mol. The van der Waals surface area contributed by atoms with E-state index in [1.165, 1.54) is 4.88 Å². The van der Waals surface area contributed by atoms with E-state index in [2.05, 4.69) is 34.8 Å². The molecule has 1 saturated heterocycles. The van der Waals surface area contributed by atoms with Crippen molar-refractivity contribution in [3.8, 4) is 0 Å². The second-order valence-corrected chi connectivity index (χ2v) is 6.13. The molecule has 0 bridgehead atoms. The number of hydrogen-bond donors (Lipinski definition) is 1. The van der Waals surface area contributed by atoms with Gasteiger partial charge in [0.2, 0.25) is 5.91 Å². The average Bonchev–Trinajstić information content (AvgIpc) is 2.99. The van der Waals surface area contributed by atoms with Crippen molar-refractivity contribution in [3.63, 3.8) is 0 Å². The van der Waals surface area contributed by atoms with Crippen LogP contribution in [0.25, 0.3) is 0 Å². The lowest BCUT2D eigenvalue weighted by Crippen LogP contribution is -2.43. The molecule has 1 aliphatic rings. The number of likely N-dealkylation sites (N-methyl/N-ethyl adjacent to an activating group) is 1. The number of likely N-dealkylation sites (tertiary alicyclic amines) is 1. The molecule has 0 saturated carbocycles. The van der Waals surface area contributed by atoms with E-state index in [4.69, 9.17) is 4.74 Å². The predicted octanol–water partition coefficient (Wildman–Crippen LogP) is 1.52. The van der Waals surface area contributed by atoms with Gasteiger partial charge in [-0.05, 0) is 31.3 Å². The van der Waals surface area contributed by atoms with Gasteiger partial charge in [0, 0.05) is 31.5 Å². The van der Waals surface area contributed by atoms with Crippen molar-refractivity contribution in [1.82, 2.24) is 10.2 Å². The molecule has 0 aliphatic carbocycles. The molecule has 1 amide bonds. The van der Waals surface area contributed by atoms with Gasteiger partial charge in [0.15, 0.2) is 0 Å². The normalized spacial score (nSPS) is 23.7. The molecule has 19 heavy (non-hydrogen) atoms. The SMILES string of the molecule is CO[C@H]1CN(C)C[C@@H]1NC(=O)CCCc1cccs1. The van der Waals surface area contributed by atoms with Crippen LogP contribution in [0, 0.1) is 0 Å². The fourth-order valence-electron chi connectivity index (χ4n) is 2.50. The van der Waals surface area contributed by atoms with Crippen LogP contribution < -0.4 is 5.32 Å². The zero-order chi connectivity index (χ0) is 13.7. The largest absolute Gasteiger partial charge is 0.378 e. The number of hydrogen-bond acceptors (Lipinski definition) is 4. The quantitative estimate of drug-likeness (QED) is 0.860. The third-order valence-electron chi connectivity index (χ3n) is 3.51. The Balaban J connectivity index is 1.69. The Bertz CT molecular complexity index is 394. The number of nitrogens with zero attached hydrogens (tertiary/aromatic N) is 1. The summed E-state index contributed by atoms with van der Waals surface area (Å²) < 4.78 is 5.40. The highest BCUT2D eigenvalue weighted by Gasteiger charge is 2.31. The molecule has 2 atom stereocenters. The molecule has 1 fully saturated rings. The second-order valence-electron chi connectivity index (χ2n) is 5.10. The smallest absolute Gasteiger partial charge is 0.220 e. The molecule has 1 aliphatic heterocycles. The summed E-state index contributed by atoms with van der Waals surface area (Å²) in [4.78, 5) is 15.4. The minimum atomic E-state index is 0.117. The number of nitrogens with one attached hydrogen (secondary N) is 1. The predicted molar refractivity (Wildman–Crippen MR) is 77.5 cm³/mol. The molecule has 1 aromatic heterocycles. The number of amides is 1. The highest BCUT2D eigenvalue weighted by Crippen LogP contribution is 2.13. The molecule has 2 heterocycles. The first-order valence-electron chi connectivity index (χ1n) is 6.72. The molecule has 5 heteroatoms. The zero-order valence-electron chi connectivity index (χ0n) is 11.6. The number of ether oxygens (including phenoxy) is 1. The van der Waals surface area contributed by atoms with Crippen LogP contribution in [0.2, 0.25) is 0 Å². The fraction of sp³-hybridized carbons (Fsp3) is 0.643. The molecule has 0 radical (unpaired) electrons. The topological polar surface area (TPSA) is 41.6 Å². The van der Waals surface area contributed by atoms with Crippen LogP contribution in [-0.4, -0.2) is 50.2 Å². The molecule has 1 N–H and O–H groups in total. The first-order chi connectivity index (χ1) is 9.19. The van der Waals surface area contributed by atoms with Crippen LogP contribution in [0.3, 0.4) is 0 Å². The Morgan fingerprint density at radius 3 is 3.11 bits per heavy atom. The van der Waals surface area contributed by atoms with Crippen molar-refractivity contribution in [2.24, 2.45) is 0 Å². The second kappa shape index (κ2) is 7.03. The van der Waals surface area contributed by atoms with E-state index in [0.29, 0.717) is 6.42 Å². The molecule has 0 unspecified atom stereocenters. The Morgan fingerprint density at radius 1 is 1.58 bits per heavy atom. The molecule has 2 rings (SSSR count). The lowest BCUT2D eigenvalue weighted by molar-refractivity contribution is -0.122. The van der Waals surface area contributed by atoms with Crippen LogP contribution in [0.5, 0.6) is 0 Å². The third-order valence-corrected chi connectivity index (χ3v) is 4.44. The van der Waals surface area contributed by atoms with Crippen LogP contribution in [0.1, 0.15) is 17.7 Å². The van der Waals surface area contributed by atoms with E-state index in [0.717, 1.165) is 25.9 Å². The number of carbonyl (C=O) groups is 1. The standard InChI is InChI=1S/C14H22N2O2S/c1-16-9-12(13(10-16)18-2)15-14(17)7-3-5-11-6-4-8-19-11/h4,6,8,12-13H,3,5,7,9-10H2,1-2H3,(H,15,17)/t12-,13-/m0/s1. The Kier molecular flexibility index (Phi) is 5.36. The van der Waals surface area contributed by atoms with Crippen molar-refractivity contribution >= 4 is 17.2 Å². The van der Waals surface area contributed by atoms with Crippen molar-refractivity contribution in [2.75, 3.05) is 27.2 Å². The average molecular weight is 282 g/mol. The van der Waals surface area contributed by atoms with Gasteiger partial charge in [0.05, 0.1) is 12.1 Å². The maximum absolute atomic E-state index is 11.9. The van der Waals surface area contributed by atoms with E-state index in [1.54, 1.807) is 18.4 Å². The molecule has 0 aromatic carbocycles. The molecule has 1 aromatic rings. The van der Waals surface area contributed by atoms with E-state index in [-0.39, 0.29) is 18.1 Å². The van der Waals surface area contributed by atoms with Gasteiger partial charge in [-0.15, -0.1) is 11.3 Å². The summed E-state index contributed by atoms with van der Waals surface area (Å²) >= 11 is 1.75. The maximum atomic E-state index is 11.9. The zero-order valence-corrected chi connectivity index (χ0v) is 12.4. The highest BCUT2D eigenvalue weighted by molar-refractivity contribution is 7.09. The van der Waals surface area contributed by atoms with Gasteiger partial charge in [-0.1, -0.05) is 6.07 Å². The summed E-state index contributed by atoms with van der Waals surface area (Å²) in [6.07, 6.45) is 2.61. The summed E-state index contributed by atoms with van der Waals surface area (Å²) in [6, 6.07) is 4.30. The molecular formula is C14H22N2O2S. The lowest BCUT2D eigenvalue weighted by Gasteiger charge is -2.18. The van der Waals surface area contributed by atoms with Crippen LogP contribution >= 0.6 is 11.3 Å². The van der Waals surface area contributed by atoms with Crippen molar-refractivity contribution in [1.29, 1.82) is 0 Å². The number of rotatable bonds is 6. The fourth-order valence-corrected chi connectivity index (χ4v) is 3.25. The van der Waals surface area contributed by atoms with Crippen molar-refractivity contribution in [2.45, 2.75) is 31.4 Å². The first-order valence-corrected chi connectivity index (χ1v) is 7.60. The minimum absolute atomic E-state index is 0.117. The highest BCUT2D eigenvalue weighted by atomic mass is 32.1. The Hall–Kier alpha value is -0.910. The third kappa shape index (κ3) is 4.30. The van der Waals surface area contributed by atoms with Crippen LogP contribution in [0.15, 0.2) is 17.5 Å². The van der Waals surface area contributed by atoms with E-state index >= 15 is 0 Å². The van der Waals surface area contributed by atoms with E-state index in [1.807, 2.05) is 0 Å². The van der Waals surface area contributed by atoms with Gasteiger partial charge in [-0.25, -0.2) is 0 Å². The number of thiophene rings is 1. The summed E-state index contributed by atoms with van der Waals surface area (Å²) in [6.45, 7) is 1.76. The van der Waals surface area contributed by atoms with E-state index < -0.39 is 0 Å². The van der Waals surface area contributed by atoms with Gasteiger partial charge in [-0.2, -0.15) is 0 Å². The maximum Gasteiger partial charge on any atom is 0.220 e. The summed E-state index contributed by atoms with van der Waals surface area (Å²) in [5.74, 6) is 0.138. The minimum Gasteiger partial charge on any atom is -0.378 e. The summed E-state index contributed by atoms with van der Waals surface area (Å²) in [5.41, 5.74) is 0. The van der Waals surface area contributed by atoms with Gasteiger partial charge < -0.3 is 15.0 Å². The summed E-state index contributed by atoms with van der Waals surface area (Å²) in [5, 5.41) is 5.16. The number of methoxy groups -OCH3 is 1. The van der Waals surface area contributed by atoms with Gasteiger partial charge >= 0.3 is 0 Å². The monoisotopic (exact) mass is 282 g/mol. The van der Waals surface area contributed by atoms with Gasteiger partial charge in [0.1, 0.15) is 0 Å². The van der Waals surface area contributed by atoms with Gasteiger partial charge in [0.25, 0.3) is 0 Å². The number of carbonyl (C=O) groups excluding carboxylic acids is 1. The molecule has 4 nitrogen and oxygen atoms in total. The Morgan fingerprint density at radius 2 is 2.42 bits per heavy atom. The van der Waals surface area contributed by atoms with Crippen LogP contribution in [-0.2, 0) is 16.0 Å². The van der Waals surface area contributed by atoms with Gasteiger partial charge in [-0.3, -0.25) is 4.79 Å². The summed E-state index contributed by atoms with van der Waals surface area (Å²) in [7, 11) is 3.76. The van der Waals surface area contributed by atoms with Crippen molar-refractivity contribution < 1.29 is 9.53 Å². The van der Waals surface area contributed by atoms with Crippen LogP contribution in [0.4, 0.5) is 0 Å². The lowest BCUT2D eigenvalue weighted by atomic mass is 10.1. The van der Waals surface area contributed by atoms with Crippen molar-refractivity contribution in [3.05, 3.63) is 22.4 Å².